The Morgan fingerprint density at radius 2 is 1.83 bits per heavy atom. The average Bonchev–Trinajstić information content (AvgIpc) is 3.27. The monoisotopic (exact) mass is 502 g/mol. The maximum absolute atomic E-state index is 13.3. The fraction of sp³-hybridized carbons (Fsp3) is 0.154. The number of carbonyl (C=O) groups excluding carboxylic acids is 2. The fourth-order valence-electron chi connectivity index (χ4n) is 3.73. The zero-order chi connectivity index (χ0) is 25.1. The Balaban J connectivity index is 1.43. The van der Waals surface area contributed by atoms with Gasteiger partial charge in [-0.05, 0) is 36.4 Å². The lowest BCUT2D eigenvalue weighted by Gasteiger charge is -2.25. The molecule has 1 saturated heterocycles. The van der Waals surface area contributed by atoms with Crippen molar-refractivity contribution in [3.63, 3.8) is 0 Å². The van der Waals surface area contributed by atoms with E-state index in [1.807, 2.05) is 30.3 Å². The predicted molar refractivity (Wildman–Crippen MR) is 137 cm³/mol. The van der Waals surface area contributed by atoms with Crippen LogP contribution in [0.3, 0.4) is 0 Å². The van der Waals surface area contributed by atoms with Gasteiger partial charge >= 0.3 is 0 Å². The number of amides is 2. The van der Waals surface area contributed by atoms with Crippen LogP contribution < -0.4 is 16.4 Å². The molecular formula is C26H23ClN6O3. The Labute approximate surface area is 212 Å². The summed E-state index contributed by atoms with van der Waals surface area (Å²) >= 11 is 6.38. The molecule has 0 radical (unpaired) electrons. The standard InChI is InChI=1S/C26H23ClN6O3/c27-20-10-9-17(21-7-4-8-23(28)30-21)11-19(20)25(34)31-24-12-22(26(35)29-13-16-14-36-15-16)32-33(24)18-5-2-1-3-6-18/h1-12,16H,13-15H2,(H2,28,30)(H,29,35)(H,31,34). The number of halogens is 1. The number of nitrogen functional groups attached to an aromatic ring is 1. The van der Waals surface area contributed by atoms with E-state index in [-0.39, 0.29) is 22.2 Å². The Morgan fingerprint density at radius 3 is 2.56 bits per heavy atom. The van der Waals surface area contributed by atoms with Crippen LogP contribution in [0.15, 0.2) is 72.8 Å². The molecule has 0 atom stereocenters. The summed E-state index contributed by atoms with van der Waals surface area (Å²) in [6.45, 7) is 1.76. The summed E-state index contributed by atoms with van der Waals surface area (Å²) in [4.78, 5) is 30.4. The van der Waals surface area contributed by atoms with Crippen molar-refractivity contribution < 1.29 is 14.3 Å². The Bertz CT molecular complexity index is 1420. The van der Waals surface area contributed by atoms with E-state index >= 15 is 0 Å². The van der Waals surface area contributed by atoms with Gasteiger partial charge in [0.05, 0.1) is 35.2 Å². The lowest BCUT2D eigenvalue weighted by atomic mass is 10.1. The molecule has 0 aliphatic carbocycles. The summed E-state index contributed by atoms with van der Waals surface area (Å²) in [5.74, 6) is 0.206. The van der Waals surface area contributed by atoms with Crippen molar-refractivity contribution in [2.75, 3.05) is 30.8 Å². The molecule has 3 heterocycles. The van der Waals surface area contributed by atoms with E-state index in [1.54, 1.807) is 36.4 Å². The second-order valence-corrected chi connectivity index (χ2v) is 8.78. The smallest absolute Gasteiger partial charge is 0.271 e. The SMILES string of the molecule is Nc1cccc(-c2ccc(Cl)c(C(=O)Nc3cc(C(=O)NCC4COC4)nn3-c3ccccc3)c2)n1. The summed E-state index contributed by atoms with van der Waals surface area (Å²) in [7, 11) is 0. The van der Waals surface area contributed by atoms with Crippen LogP contribution in [0.1, 0.15) is 20.8 Å². The topological polar surface area (TPSA) is 124 Å². The van der Waals surface area contributed by atoms with Crippen molar-refractivity contribution in [1.29, 1.82) is 0 Å². The highest BCUT2D eigenvalue weighted by Crippen LogP contribution is 2.26. The van der Waals surface area contributed by atoms with Crippen LogP contribution in [0.4, 0.5) is 11.6 Å². The number of pyridine rings is 1. The second kappa shape index (κ2) is 10.2. The number of nitrogens with zero attached hydrogens (tertiary/aromatic N) is 3. The first-order valence-corrected chi connectivity index (χ1v) is 11.7. The number of nitrogens with one attached hydrogen (secondary N) is 2. The number of aromatic nitrogens is 3. The lowest BCUT2D eigenvalue weighted by Crippen LogP contribution is -2.39. The average molecular weight is 503 g/mol. The molecule has 1 aliphatic heterocycles. The van der Waals surface area contributed by atoms with E-state index in [0.29, 0.717) is 54.3 Å². The third kappa shape index (κ3) is 5.07. The molecule has 1 aliphatic rings. The summed E-state index contributed by atoms with van der Waals surface area (Å²) < 4.78 is 6.66. The molecule has 5 rings (SSSR count). The van der Waals surface area contributed by atoms with Crippen LogP contribution in [0.25, 0.3) is 16.9 Å². The number of rotatable bonds is 7. The first-order valence-electron chi connectivity index (χ1n) is 11.3. The summed E-state index contributed by atoms with van der Waals surface area (Å²) in [5.41, 5.74) is 8.22. The first kappa shape index (κ1) is 23.5. The van der Waals surface area contributed by atoms with Crippen LogP contribution in [0.2, 0.25) is 5.02 Å². The van der Waals surface area contributed by atoms with Gasteiger partial charge in [-0.15, -0.1) is 0 Å². The van der Waals surface area contributed by atoms with Gasteiger partial charge in [-0.2, -0.15) is 5.10 Å². The molecule has 0 unspecified atom stereocenters. The minimum absolute atomic E-state index is 0.179. The second-order valence-electron chi connectivity index (χ2n) is 8.37. The van der Waals surface area contributed by atoms with E-state index in [1.165, 1.54) is 10.7 Å². The van der Waals surface area contributed by atoms with Crippen molar-refractivity contribution in [2.45, 2.75) is 0 Å². The number of anilines is 2. The van der Waals surface area contributed by atoms with E-state index in [4.69, 9.17) is 22.1 Å². The number of para-hydroxylation sites is 1. The molecule has 10 heteroatoms. The van der Waals surface area contributed by atoms with Gasteiger partial charge in [-0.1, -0.05) is 41.9 Å². The number of ether oxygens (including phenoxy) is 1. The highest BCUT2D eigenvalue weighted by Gasteiger charge is 2.22. The third-order valence-electron chi connectivity index (χ3n) is 5.72. The highest BCUT2D eigenvalue weighted by molar-refractivity contribution is 6.34. The molecule has 1 fully saturated rings. The molecular weight excluding hydrogens is 480 g/mol. The van der Waals surface area contributed by atoms with Gasteiger partial charge in [0.2, 0.25) is 0 Å². The lowest BCUT2D eigenvalue weighted by molar-refractivity contribution is -0.0299. The number of benzene rings is 2. The molecule has 0 spiro atoms. The molecule has 4 aromatic rings. The van der Waals surface area contributed by atoms with Gasteiger partial charge in [0.25, 0.3) is 11.8 Å². The minimum Gasteiger partial charge on any atom is -0.384 e. The molecule has 36 heavy (non-hydrogen) atoms. The van der Waals surface area contributed by atoms with Gasteiger partial charge < -0.3 is 21.1 Å². The quantitative estimate of drug-likeness (QED) is 0.353. The molecule has 4 N–H and O–H groups in total. The number of carbonyl (C=O) groups is 2. The molecule has 2 aromatic carbocycles. The molecule has 2 aromatic heterocycles. The largest absolute Gasteiger partial charge is 0.384 e. The molecule has 182 valence electrons. The number of hydrogen-bond acceptors (Lipinski definition) is 6. The summed E-state index contributed by atoms with van der Waals surface area (Å²) in [6, 6.07) is 21.1. The number of nitrogens with two attached hydrogens (primary N) is 1. The molecule has 9 nitrogen and oxygen atoms in total. The Morgan fingerprint density at radius 1 is 1.03 bits per heavy atom. The van der Waals surface area contributed by atoms with Crippen LogP contribution in [-0.2, 0) is 4.74 Å². The van der Waals surface area contributed by atoms with Crippen molar-refractivity contribution in [3.8, 4) is 16.9 Å². The maximum Gasteiger partial charge on any atom is 0.271 e. The molecule has 0 bridgehead atoms. The minimum atomic E-state index is -0.457. The maximum atomic E-state index is 13.3. The first-order chi connectivity index (χ1) is 17.5. The van der Waals surface area contributed by atoms with E-state index in [0.717, 1.165) is 0 Å². The van der Waals surface area contributed by atoms with Gasteiger partial charge in [0, 0.05) is 24.1 Å². The normalized spacial score (nSPS) is 13.1. The van der Waals surface area contributed by atoms with E-state index in [2.05, 4.69) is 20.7 Å². The van der Waals surface area contributed by atoms with Gasteiger partial charge in [0.1, 0.15) is 11.6 Å². The zero-order valence-electron chi connectivity index (χ0n) is 19.1. The van der Waals surface area contributed by atoms with Crippen molar-refractivity contribution in [2.24, 2.45) is 5.92 Å². The highest BCUT2D eigenvalue weighted by atomic mass is 35.5. The van der Waals surface area contributed by atoms with Gasteiger partial charge in [-0.3, -0.25) is 9.59 Å². The fourth-order valence-corrected chi connectivity index (χ4v) is 3.93. The zero-order valence-corrected chi connectivity index (χ0v) is 19.9. The van der Waals surface area contributed by atoms with Crippen molar-refractivity contribution in [3.05, 3.63) is 89.1 Å². The van der Waals surface area contributed by atoms with Crippen LogP contribution in [0.5, 0.6) is 0 Å². The van der Waals surface area contributed by atoms with Crippen LogP contribution in [0, 0.1) is 5.92 Å². The van der Waals surface area contributed by atoms with Crippen molar-refractivity contribution >= 4 is 35.1 Å². The number of hydrogen-bond donors (Lipinski definition) is 3. The Hall–Kier alpha value is -4.21. The Kier molecular flexibility index (Phi) is 6.66. The third-order valence-corrected chi connectivity index (χ3v) is 6.05. The van der Waals surface area contributed by atoms with E-state index in [9.17, 15) is 9.59 Å². The predicted octanol–water partition coefficient (Wildman–Crippen LogP) is 3.80. The van der Waals surface area contributed by atoms with Crippen LogP contribution >= 0.6 is 11.6 Å². The van der Waals surface area contributed by atoms with Gasteiger partial charge in [-0.25, -0.2) is 9.67 Å². The van der Waals surface area contributed by atoms with Gasteiger partial charge in [0.15, 0.2) is 5.69 Å². The van der Waals surface area contributed by atoms with Crippen molar-refractivity contribution in [1.82, 2.24) is 20.1 Å². The molecule has 0 saturated carbocycles. The van der Waals surface area contributed by atoms with Crippen LogP contribution in [-0.4, -0.2) is 46.3 Å². The summed E-state index contributed by atoms with van der Waals surface area (Å²) in [5, 5.41) is 10.4. The summed E-state index contributed by atoms with van der Waals surface area (Å²) in [6.07, 6.45) is 0. The van der Waals surface area contributed by atoms with E-state index < -0.39 is 5.91 Å². The molecule has 2 amide bonds.